The molecule has 0 radical (unpaired) electrons. The normalized spacial score (nSPS) is 12.0. The van der Waals surface area contributed by atoms with Gasteiger partial charge in [0, 0.05) is 12.8 Å². The first-order valence-corrected chi connectivity index (χ1v) is 10.8. The summed E-state index contributed by atoms with van der Waals surface area (Å²) in [5.41, 5.74) is 7.75. The molecule has 1 atom stereocenters. The molecule has 4 nitrogen and oxygen atoms in total. The average Bonchev–Trinajstić information content (AvgIpc) is 2.78. The van der Waals surface area contributed by atoms with Gasteiger partial charge in [0.15, 0.2) is 0 Å². The van der Waals surface area contributed by atoms with Crippen LogP contribution in [0.2, 0.25) is 0 Å². The molecular weight excluding hydrogens is 452 g/mol. The van der Waals surface area contributed by atoms with Gasteiger partial charge in [-0.15, -0.1) is 0 Å². The first kappa shape index (κ1) is 22.5. The average molecular weight is 477 g/mol. The van der Waals surface area contributed by atoms with E-state index >= 15 is 0 Å². The standard InChI is InChI=1S/C26H25BrN2O2/c1-19(27)17-23(25(28)31)29-24(30)18-26(20-11-5-2-6-12-20,21-13-7-3-8-14-21)22-15-9-4-10-16-22/h2-16,23H,1,17-18H2,(H2,28,31)(H,29,30)/t23-/m1/s1. The van der Waals surface area contributed by atoms with Crippen molar-refractivity contribution < 1.29 is 9.59 Å². The predicted octanol–water partition coefficient (Wildman–Crippen LogP) is 4.68. The lowest BCUT2D eigenvalue weighted by Crippen LogP contribution is -2.47. The fourth-order valence-corrected chi connectivity index (χ4v) is 4.23. The summed E-state index contributed by atoms with van der Waals surface area (Å²) in [7, 11) is 0. The number of amides is 2. The summed E-state index contributed by atoms with van der Waals surface area (Å²) in [5, 5.41) is 2.81. The molecule has 0 bridgehead atoms. The number of carbonyl (C=O) groups is 2. The molecule has 3 aromatic carbocycles. The number of halogens is 1. The van der Waals surface area contributed by atoms with Crippen LogP contribution in [0.15, 0.2) is 102 Å². The Bertz CT molecular complexity index is 940. The number of benzene rings is 3. The summed E-state index contributed by atoms with van der Waals surface area (Å²) in [6.07, 6.45) is 0.347. The molecular formula is C26H25BrN2O2. The number of nitrogens with two attached hydrogens (primary N) is 1. The van der Waals surface area contributed by atoms with Crippen molar-refractivity contribution >= 4 is 27.7 Å². The molecule has 3 aromatic rings. The number of rotatable bonds is 9. The molecule has 158 valence electrons. The molecule has 0 aliphatic heterocycles. The maximum Gasteiger partial charge on any atom is 0.240 e. The Balaban J connectivity index is 2.11. The maximum absolute atomic E-state index is 13.3. The molecule has 2 amide bonds. The monoisotopic (exact) mass is 476 g/mol. The largest absolute Gasteiger partial charge is 0.368 e. The maximum atomic E-state index is 13.3. The number of nitrogens with one attached hydrogen (secondary N) is 1. The van der Waals surface area contributed by atoms with Gasteiger partial charge in [0.25, 0.3) is 0 Å². The number of carbonyl (C=O) groups excluding carboxylic acids is 2. The topological polar surface area (TPSA) is 72.2 Å². The minimum absolute atomic E-state index is 0.115. The minimum Gasteiger partial charge on any atom is -0.368 e. The van der Waals surface area contributed by atoms with Crippen LogP contribution in [0.1, 0.15) is 29.5 Å². The Hall–Kier alpha value is -3.18. The Morgan fingerprint density at radius 3 is 1.55 bits per heavy atom. The van der Waals surface area contributed by atoms with Crippen molar-refractivity contribution in [3.63, 3.8) is 0 Å². The van der Waals surface area contributed by atoms with Crippen LogP contribution in [-0.4, -0.2) is 17.9 Å². The molecule has 5 heteroatoms. The molecule has 3 N–H and O–H groups in total. The van der Waals surface area contributed by atoms with Gasteiger partial charge in [-0.1, -0.05) is 114 Å². The van der Waals surface area contributed by atoms with Crippen molar-refractivity contribution in [2.45, 2.75) is 24.3 Å². The van der Waals surface area contributed by atoms with E-state index in [1.54, 1.807) is 0 Å². The van der Waals surface area contributed by atoms with Gasteiger partial charge in [-0.25, -0.2) is 0 Å². The Morgan fingerprint density at radius 2 is 1.23 bits per heavy atom. The molecule has 0 saturated carbocycles. The third-order valence-electron chi connectivity index (χ3n) is 5.33. The van der Waals surface area contributed by atoms with Crippen LogP contribution >= 0.6 is 15.9 Å². The van der Waals surface area contributed by atoms with Crippen LogP contribution < -0.4 is 11.1 Å². The zero-order valence-electron chi connectivity index (χ0n) is 17.1. The third-order valence-corrected chi connectivity index (χ3v) is 5.65. The molecule has 0 aliphatic carbocycles. The lowest BCUT2D eigenvalue weighted by atomic mass is 9.67. The summed E-state index contributed by atoms with van der Waals surface area (Å²) in [6.45, 7) is 3.76. The van der Waals surface area contributed by atoms with Gasteiger partial charge in [0.1, 0.15) is 6.04 Å². The molecule has 0 spiro atoms. The molecule has 3 rings (SSSR count). The zero-order valence-corrected chi connectivity index (χ0v) is 18.7. The van der Waals surface area contributed by atoms with Crippen molar-refractivity contribution in [2.75, 3.05) is 0 Å². The van der Waals surface area contributed by atoms with E-state index in [1.807, 2.05) is 91.0 Å². The lowest BCUT2D eigenvalue weighted by Gasteiger charge is -2.36. The second-order valence-electron chi connectivity index (χ2n) is 7.42. The van der Waals surface area contributed by atoms with Crippen LogP contribution in [0.25, 0.3) is 0 Å². The van der Waals surface area contributed by atoms with E-state index in [9.17, 15) is 9.59 Å². The van der Waals surface area contributed by atoms with E-state index in [1.165, 1.54) is 0 Å². The molecule has 0 unspecified atom stereocenters. The summed E-state index contributed by atoms with van der Waals surface area (Å²) in [4.78, 5) is 25.2. The number of hydrogen-bond acceptors (Lipinski definition) is 2. The van der Waals surface area contributed by atoms with Gasteiger partial charge in [0.2, 0.25) is 11.8 Å². The highest BCUT2D eigenvalue weighted by atomic mass is 79.9. The van der Waals surface area contributed by atoms with Crippen molar-refractivity contribution in [1.29, 1.82) is 0 Å². The van der Waals surface area contributed by atoms with Crippen molar-refractivity contribution in [3.05, 3.63) is 119 Å². The van der Waals surface area contributed by atoms with E-state index in [-0.39, 0.29) is 18.7 Å². The highest BCUT2D eigenvalue weighted by Crippen LogP contribution is 2.42. The molecule has 0 saturated heterocycles. The summed E-state index contributed by atoms with van der Waals surface area (Å²) in [5.74, 6) is -0.868. The fraction of sp³-hybridized carbons (Fsp3) is 0.154. The molecule has 0 aliphatic rings. The smallest absolute Gasteiger partial charge is 0.240 e. The van der Waals surface area contributed by atoms with Gasteiger partial charge in [-0.05, 0) is 21.2 Å². The van der Waals surface area contributed by atoms with Crippen LogP contribution in [0.3, 0.4) is 0 Å². The third kappa shape index (κ3) is 5.30. The first-order valence-electron chi connectivity index (χ1n) is 10.0. The van der Waals surface area contributed by atoms with E-state index in [0.717, 1.165) is 16.7 Å². The van der Waals surface area contributed by atoms with Crippen molar-refractivity contribution in [2.24, 2.45) is 5.73 Å². The van der Waals surface area contributed by atoms with E-state index in [0.29, 0.717) is 4.48 Å². The van der Waals surface area contributed by atoms with Gasteiger partial charge < -0.3 is 11.1 Å². The zero-order chi connectivity index (χ0) is 22.3. The number of hydrogen-bond donors (Lipinski definition) is 2. The van der Waals surface area contributed by atoms with Gasteiger partial charge in [-0.3, -0.25) is 9.59 Å². The van der Waals surface area contributed by atoms with Crippen LogP contribution in [0, 0.1) is 0 Å². The van der Waals surface area contributed by atoms with E-state index in [2.05, 4.69) is 27.8 Å². The quantitative estimate of drug-likeness (QED) is 0.440. The highest BCUT2D eigenvalue weighted by molar-refractivity contribution is 9.11. The van der Waals surface area contributed by atoms with Crippen LogP contribution in [0.5, 0.6) is 0 Å². The van der Waals surface area contributed by atoms with Gasteiger partial charge in [0.05, 0.1) is 5.41 Å². The second-order valence-corrected chi connectivity index (χ2v) is 8.55. The first-order chi connectivity index (χ1) is 14.9. The fourth-order valence-electron chi connectivity index (χ4n) is 3.90. The van der Waals surface area contributed by atoms with Gasteiger partial charge >= 0.3 is 0 Å². The van der Waals surface area contributed by atoms with Crippen LogP contribution in [-0.2, 0) is 15.0 Å². The molecule has 0 heterocycles. The predicted molar refractivity (Wildman–Crippen MR) is 128 cm³/mol. The van der Waals surface area contributed by atoms with E-state index in [4.69, 9.17) is 5.73 Å². The molecule has 0 fully saturated rings. The Morgan fingerprint density at radius 1 is 0.839 bits per heavy atom. The van der Waals surface area contributed by atoms with Crippen LogP contribution in [0.4, 0.5) is 0 Å². The summed E-state index contributed by atoms with van der Waals surface area (Å²) < 4.78 is 0.594. The molecule has 31 heavy (non-hydrogen) atoms. The Labute approximate surface area is 191 Å². The second kappa shape index (κ2) is 10.2. The minimum atomic E-state index is -0.834. The number of primary amides is 1. The lowest BCUT2D eigenvalue weighted by molar-refractivity contribution is -0.127. The Kier molecular flexibility index (Phi) is 7.42. The SMILES string of the molecule is C=C(Br)C[C@@H](NC(=O)CC(c1ccccc1)(c1ccccc1)c1ccccc1)C(N)=O. The van der Waals surface area contributed by atoms with Crippen molar-refractivity contribution in [3.8, 4) is 0 Å². The molecule has 0 aromatic heterocycles. The summed E-state index contributed by atoms with van der Waals surface area (Å²) >= 11 is 3.25. The summed E-state index contributed by atoms with van der Waals surface area (Å²) in [6, 6.07) is 29.0. The van der Waals surface area contributed by atoms with Gasteiger partial charge in [-0.2, -0.15) is 0 Å². The van der Waals surface area contributed by atoms with E-state index < -0.39 is 17.4 Å². The highest BCUT2D eigenvalue weighted by Gasteiger charge is 2.39. The van der Waals surface area contributed by atoms with Crippen molar-refractivity contribution in [1.82, 2.24) is 5.32 Å².